The van der Waals surface area contributed by atoms with Gasteiger partial charge in [0.1, 0.15) is 0 Å². The first kappa shape index (κ1) is 46.7. The van der Waals surface area contributed by atoms with Gasteiger partial charge in [-0.3, -0.25) is 0 Å². The molecule has 0 spiro atoms. The smallest absolute Gasteiger partial charge is 0.00367 e. The van der Waals surface area contributed by atoms with Crippen LogP contribution in [-0.2, 0) is 14.2 Å². The average Bonchev–Trinajstić information content (AvgIpc) is 3.84. The SMILES string of the molecule is C=C1CCC(CCC2CCCC=C[C@]3(C)C(C)CC4CCC(CC(=C)CC5CCOC5)CC4C(B=C4CCCOC4)OC23)C1.CC.CC.CNCCS. The van der Waals surface area contributed by atoms with Gasteiger partial charge in [0.2, 0.25) is 0 Å². The van der Waals surface area contributed by atoms with Crippen LogP contribution in [0.25, 0.3) is 0 Å². The summed E-state index contributed by atoms with van der Waals surface area (Å²) in [6.07, 6.45) is 27.0. The van der Waals surface area contributed by atoms with E-state index in [1.54, 1.807) is 0 Å². The fraction of sp³-hybridized carbons (Fsp3) is 0.851. The second-order valence-corrected chi connectivity index (χ2v) is 17.8. The minimum absolute atomic E-state index is 0.0869. The first-order chi connectivity index (χ1) is 25.8. The van der Waals surface area contributed by atoms with Crippen LogP contribution in [0, 0.1) is 46.8 Å². The first-order valence-electron chi connectivity index (χ1n) is 22.6. The van der Waals surface area contributed by atoms with E-state index in [-0.39, 0.29) is 17.5 Å². The van der Waals surface area contributed by atoms with Gasteiger partial charge in [0, 0.05) is 12.3 Å². The van der Waals surface area contributed by atoms with Crippen LogP contribution in [0.15, 0.2) is 36.5 Å². The van der Waals surface area contributed by atoms with Crippen LogP contribution in [-0.4, -0.2) is 70.3 Å². The van der Waals surface area contributed by atoms with E-state index >= 15 is 0 Å². The molecular formula is C47H84BNO3S. The summed E-state index contributed by atoms with van der Waals surface area (Å²) >= 11 is 3.94. The summed E-state index contributed by atoms with van der Waals surface area (Å²) in [6.45, 7) is 29.2. The Morgan fingerprint density at radius 1 is 0.943 bits per heavy atom. The van der Waals surface area contributed by atoms with Gasteiger partial charge in [-0.05, 0) is 7.05 Å². The van der Waals surface area contributed by atoms with Gasteiger partial charge in [-0.15, -0.1) is 0 Å². The monoisotopic (exact) mass is 754 g/mol. The number of nitrogens with one attached hydrogen (secondary N) is 1. The molecule has 6 heteroatoms. The molecule has 304 valence electrons. The second kappa shape index (κ2) is 25.6. The molecule has 53 heavy (non-hydrogen) atoms. The predicted octanol–water partition coefficient (Wildman–Crippen LogP) is 11.5. The largest absolute Gasteiger partial charge is 0.319 e. The van der Waals surface area contributed by atoms with E-state index in [2.05, 4.69) is 64.0 Å². The molecule has 3 heterocycles. The van der Waals surface area contributed by atoms with Crippen molar-refractivity contribution in [2.24, 2.45) is 46.8 Å². The van der Waals surface area contributed by atoms with Gasteiger partial charge in [0.15, 0.2) is 0 Å². The number of rotatable bonds is 10. The molecule has 6 rings (SSSR count). The van der Waals surface area contributed by atoms with Crippen LogP contribution in [0.4, 0.5) is 0 Å². The van der Waals surface area contributed by atoms with E-state index in [0.29, 0.717) is 23.7 Å². The molecule has 3 aliphatic heterocycles. The second-order valence-electron chi connectivity index (χ2n) is 17.4. The van der Waals surface area contributed by atoms with Crippen molar-refractivity contribution in [3.8, 4) is 0 Å². The molecule has 6 aliphatic rings. The molecule has 5 fully saturated rings. The third-order valence-electron chi connectivity index (χ3n) is 13.5. The van der Waals surface area contributed by atoms with Crippen LogP contribution in [0.2, 0.25) is 0 Å². The Hall–Kier alpha value is -0.655. The summed E-state index contributed by atoms with van der Waals surface area (Å²) in [5, 5.41) is 2.94. The standard InChI is InChI=1S/C40H63BO3.C3H9NS.2C2H6/c1-28-11-12-31(21-28)13-15-34-9-6-5-7-18-40(4)30(3)24-35-16-14-32(22-29(2)23-33-17-20-43-26-33)25-37(35)39(44-38(34)40)41-36-10-8-19-42-27-36;1-4-2-3-5;2*1-2/h7,18,30-35,37-39H,1-2,5-6,8-17,19-27H2,3-4H3;4-5H,2-3H2,1H3;2*1-2H3/t30?,31?,32?,33?,34?,35?,37?,38?,39?,40-;;;/m1.../s1. The quantitative estimate of drug-likeness (QED) is 0.132. The van der Waals surface area contributed by atoms with Crippen molar-refractivity contribution in [3.63, 3.8) is 0 Å². The average molecular weight is 754 g/mol. The fourth-order valence-corrected chi connectivity index (χ4v) is 10.7. The van der Waals surface area contributed by atoms with Crippen molar-refractivity contribution in [2.75, 3.05) is 45.8 Å². The summed E-state index contributed by atoms with van der Waals surface area (Å²) in [4.78, 5) is 0. The number of hydrogen-bond donors (Lipinski definition) is 2. The zero-order valence-corrected chi connectivity index (χ0v) is 36.7. The van der Waals surface area contributed by atoms with Crippen molar-refractivity contribution < 1.29 is 14.2 Å². The molecule has 0 radical (unpaired) electrons. The minimum atomic E-state index is 0.0869. The Kier molecular flexibility index (Phi) is 22.5. The van der Waals surface area contributed by atoms with Crippen LogP contribution < -0.4 is 5.32 Å². The van der Waals surface area contributed by atoms with Crippen molar-refractivity contribution in [1.29, 1.82) is 0 Å². The number of thiol groups is 1. The minimum Gasteiger partial charge on any atom is -0.319 e. The molecule has 0 amide bonds. The molecule has 3 saturated heterocycles. The normalized spacial score (nSPS) is 36.3. The van der Waals surface area contributed by atoms with Crippen molar-refractivity contribution >= 4 is 25.0 Å². The van der Waals surface area contributed by atoms with Crippen LogP contribution in [0.5, 0.6) is 0 Å². The molecule has 4 nitrogen and oxygen atoms in total. The maximum atomic E-state index is 7.75. The molecule has 9 unspecified atom stereocenters. The first-order valence-corrected chi connectivity index (χ1v) is 23.2. The molecule has 1 N–H and O–H groups in total. The number of fused-ring (bicyclic) bond motifs is 2. The van der Waals surface area contributed by atoms with Gasteiger partial charge in [0.05, 0.1) is 0 Å². The predicted molar refractivity (Wildman–Crippen MR) is 236 cm³/mol. The van der Waals surface area contributed by atoms with Gasteiger partial charge in [-0.25, -0.2) is 0 Å². The van der Waals surface area contributed by atoms with E-state index < -0.39 is 0 Å². The maximum Gasteiger partial charge on any atom is 0.00367 e. The van der Waals surface area contributed by atoms with E-state index in [9.17, 15) is 0 Å². The van der Waals surface area contributed by atoms with Gasteiger partial charge in [-0.2, -0.15) is 12.6 Å². The zero-order valence-electron chi connectivity index (χ0n) is 35.8. The van der Waals surface area contributed by atoms with Gasteiger partial charge < -0.3 is 5.32 Å². The summed E-state index contributed by atoms with van der Waals surface area (Å²) in [7, 11) is 1.91. The van der Waals surface area contributed by atoms with E-state index in [1.165, 1.54) is 113 Å². The van der Waals surface area contributed by atoms with Crippen LogP contribution in [0.3, 0.4) is 0 Å². The van der Waals surface area contributed by atoms with Crippen molar-refractivity contribution in [3.05, 3.63) is 36.5 Å². The molecular weight excluding hydrogens is 669 g/mol. The Morgan fingerprint density at radius 3 is 2.38 bits per heavy atom. The van der Waals surface area contributed by atoms with E-state index in [4.69, 9.17) is 14.2 Å². The Morgan fingerprint density at radius 2 is 1.74 bits per heavy atom. The van der Waals surface area contributed by atoms with Crippen LogP contribution >= 0.6 is 12.6 Å². The summed E-state index contributed by atoms with van der Waals surface area (Å²) in [5.41, 5.74) is 4.52. The van der Waals surface area contributed by atoms with Gasteiger partial charge in [0.25, 0.3) is 0 Å². The molecule has 10 atom stereocenters. The zero-order chi connectivity index (χ0) is 38.6. The van der Waals surface area contributed by atoms with E-state index in [0.717, 1.165) is 69.3 Å². The molecule has 2 saturated carbocycles. The fourth-order valence-electron chi connectivity index (χ4n) is 10.5. The number of allylic oxidation sites excluding steroid dienone is 3. The van der Waals surface area contributed by atoms with Crippen molar-refractivity contribution in [2.45, 2.75) is 163 Å². The molecule has 0 bridgehead atoms. The molecule has 3 aliphatic carbocycles. The summed E-state index contributed by atoms with van der Waals surface area (Å²) in [6, 6.07) is 0.203. The molecule has 0 aromatic rings. The summed E-state index contributed by atoms with van der Waals surface area (Å²) in [5.74, 6) is 5.80. The maximum absolute atomic E-state index is 7.75. The molecule has 0 aromatic carbocycles. The topological polar surface area (TPSA) is 39.7 Å². The van der Waals surface area contributed by atoms with Crippen molar-refractivity contribution in [1.82, 2.24) is 5.32 Å². The number of ether oxygens (including phenoxy) is 3. The Balaban J connectivity index is 0.000000765. The van der Waals surface area contributed by atoms with E-state index in [1.807, 2.05) is 34.7 Å². The summed E-state index contributed by atoms with van der Waals surface area (Å²) < 4.78 is 19.4. The number of hydrogen-bond acceptors (Lipinski definition) is 5. The molecule has 0 aromatic heterocycles. The Bertz CT molecular complexity index is 1090. The third kappa shape index (κ3) is 14.7. The van der Waals surface area contributed by atoms with Crippen LogP contribution in [0.1, 0.15) is 151 Å². The van der Waals surface area contributed by atoms with Gasteiger partial charge in [-0.1, -0.05) is 27.7 Å². The third-order valence-corrected chi connectivity index (χ3v) is 13.7. The van der Waals surface area contributed by atoms with Gasteiger partial charge >= 0.3 is 271 Å². The Labute approximate surface area is 335 Å².